The molecule has 0 saturated carbocycles. The lowest BCUT2D eigenvalue weighted by Crippen LogP contribution is -2.35. The van der Waals surface area contributed by atoms with Crippen molar-refractivity contribution in [2.75, 3.05) is 26.3 Å². The van der Waals surface area contributed by atoms with E-state index in [0.717, 1.165) is 42.6 Å². The standard InChI is InChI=1S/C24H42NO4P/c1-9-28-30(27,29-10-2)22(25-14-12-11-13-15-25)18-16-19(23(3,4)5)21(26)20(17-18)24(6,7)8/h16-17,22,26H,9-15H2,1-8H3. The van der Waals surface area contributed by atoms with Gasteiger partial charge in [0.25, 0.3) is 0 Å². The zero-order valence-electron chi connectivity index (χ0n) is 20.2. The molecule has 1 aliphatic rings. The largest absolute Gasteiger partial charge is 0.507 e. The van der Waals surface area contributed by atoms with Gasteiger partial charge in [-0.2, -0.15) is 0 Å². The molecule has 5 nitrogen and oxygen atoms in total. The van der Waals surface area contributed by atoms with E-state index in [4.69, 9.17) is 9.05 Å². The molecule has 0 spiro atoms. The van der Waals surface area contributed by atoms with Crippen LogP contribution in [0.2, 0.25) is 0 Å². The van der Waals surface area contributed by atoms with Crippen molar-refractivity contribution in [3.8, 4) is 5.75 Å². The summed E-state index contributed by atoms with van der Waals surface area (Å²) in [5.41, 5.74) is 2.13. The van der Waals surface area contributed by atoms with Gasteiger partial charge in [0, 0.05) is 0 Å². The van der Waals surface area contributed by atoms with Gasteiger partial charge in [0.1, 0.15) is 11.5 Å². The first kappa shape index (κ1) is 25.4. The van der Waals surface area contributed by atoms with Crippen LogP contribution in [0.4, 0.5) is 0 Å². The fourth-order valence-corrected chi connectivity index (χ4v) is 6.47. The molecule has 1 unspecified atom stereocenters. The second-order valence-corrected chi connectivity index (χ2v) is 12.4. The number of phenols is 1. The zero-order chi connectivity index (χ0) is 22.7. The Labute approximate surface area is 183 Å². The van der Waals surface area contributed by atoms with Gasteiger partial charge in [-0.1, -0.05) is 48.0 Å². The van der Waals surface area contributed by atoms with Gasteiger partial charge in [-0.05, 0) is 79.4 Å². The van der Waals surface area contributed by atoms with Crippen molar-refractivity contribution in [2.24, 2.45) is 0 Å². The van der Waals surface area contributed by atoms with Crippen molar-refractivity contribution in [2.45, 2.75) is 91.3 Å². The van der Waals surface area contributed by atoms with Gasteiger partial charge in [-0.15, -0.1) is 0 Å². The van der Waals surface area contributed by atoms with E-state index < -0.39 is 13.4 Å². The van der Waals surface area contributed by atoms with E-state index in [9.17, 15) is 9.67 Å². The Hall–Kier alpha value is -0.870. The van der Waals surface area contributed by atoms with Gasteiger partial charge < -0.3 is 14.2 Å². The monoisotopic (exact) mass is 439 g/mol. The Balaban J connectivity index is 2.77. The van der Waals surface area contributed by atoms with E-state index in [1.807, 2.05) is 26.0 Å². The van der Waals surface area contributed by atoms with Crippen LogP contribution in [0, 0.1) is 0 Å². The molecule has 1 atom stereocenters. The summed E-state index contributed by atoms with van der Waals surface area (Å²) in [5.74, 6) is -0.140. The van der Waals surface area contributed by atoms with E-state index >= 15 is 0 Å². The van der Waals surface area contributed by atoms with Crippen molar-refractivity contribution < 1.29 is 18.7 Å². The van der Waals surface area contributed by atoms with E-state index in [1.54, 1.807) is 0 Å². The van der Waals surface area contributed by atoms with Gasteiger partial charge in [0.05, 0.1) is 13.2 Å². The zero-order valence-corrected chi connectivity index (χ0v) is 21.1. The Morgan fingerprint density at radius 1 is 0.933 bits per heavy atom. The Bertz CT molecular complexity index is 712. The number of aromatic hydroxyl groups is 1. The summed E-state index contributed by atoms with van der Waals surface area (Å²) in [5, 5.41) is 11.1. The van der Waals surface area contributed by atoms with Crippen LogP contribution in [0.15, 0.2) is 12.1 Å². The predicted octanol–water partition coefficient (Wildman–Crippen LogP) is 6.74. The predicted molar refractivity (Wildman–Crippen MR) is 125 cm³/mol. The molecular weight excluding hydrogens is 397 g/mol. The number of phenolic OH excluding ortho intramolecular Hbond substituents is 1. The first-order valence-corrected chi connectivity index (χ1v) is 13.0. The smallest absolute Gasteiger partial charge is 0.352 e. The molecular formula is C24H42NO4P. The van der Waals surface area contributed by atoms with Crippen LogP contribution in [-0.2, 0) is 24.4 Å². The average molecular weight is 440 g/mol. The van der Waals surface area contributed by atoms with Crippen molar-refractivity contribution in [1.29, 1.82) is 0 Å². The minimum Gasteiger partial charge on any atom is -0.507 e. The van der Waals surface area contributed by atoms with Crippen molar-refractivity contribution in [3.63, 3.8) is 0 Å². The number of piperidine rings is 1. The third-order valence-electron chi connectivity index (χ3n) is 5.70. The van der Waals surface area contributed by atoms with E-state index in [1.165, 1.54) is 6.42 Å². The highest BCUT2D eigenvalue weighted by Gasteiger charge is 2.43. The van der Waals surface area contributed by atoms with Crippen LogP contribution in [-0.4, -0.2) is 36.3 Å². The topological polar surface area (TPSA) is 59.0 Å². The lowest BCUT2D eigenvalue weighted by atomic mass is 9.78. The number of nitrogens with zero attached hydrogens (tertiary/aromatic N) is 1. The number of rotatable bonds is 7. The second-order valence-electron chi connectivity index (χ2n) is 10.3. The highest BCUT2D eigenvalue weighted by atomic mass is 31.2. The molecule has 1 N–H and O–H groups in total. The van der Waals surface area contributed by atoms with Gasteiger partial charge >= 0.3 is 7.60 Å². The number of benzene rings is 1. The van der Waals surface area contributed by atoms with E-state index in [2.05, 4.69) is 46.4 Å². The van der Waals surface area contributed by atoms with E-state index in [-0.39, 0.29) is 10.8 Å². The Morgan fingerprint density at radius 2 is 1.37 bits per heavy atom. The molecule has 0 aliphatic carbocycles. The molecule has 0 aromatic heterocycles. The third-order valence-corrected chi connectivity index (χ3v) is 8.16. The van der Waals surface area contributed by atoms with Gasteiger partial charge in [-0.25, -0.2) is 0 Å². The molecule has 0 bridgehead atoms. The second kappa shape index (κ2) is 9.73. The number of likely N-dealkylation sites (tertiary alicyclic amines) is 1. The normalized spacial score (nSPS) is 17.9. The third kappa shape index (κ3) is 5.68. The molecule has 2 rings (SSSR count). The minimum absolute atomic E-state index is 0.256. The summed E-state index contributed by atoms with van der Waals surface area (Å²) in [6, 6.07) is 4.04. The number of hydrogen-bond donors (Lipinski definition) is 1. The van der Waals surface area contributed by atoms with Crippen LogP contribution in [0.25, 0.3) is 0 Å². The summed E-state index contributed by atoms with van der Waals surface area (Å²) in [7, 11) is -3.43. The van der Waals surface area contributed by atoms with Crippen molar-refractivity contribution in [1.82, 2.24) is 4.90 Å². The summed E-state index contributed by atoms with van der Waals surface area (Å²) in [4.78, 5) is 2.26. The van der Waals surface area contributed by atoms with Gasteiger partial charge in [0.15, 0.2) is 0 Å². The van der Waals surface area contributed by atoms with Crippen LogP contribution in [0.3, 0.4) is 0 Å². The van der Waals surface area contributed by atoms with E-state index in [0.29, 0.717) is 19.0 Å². The molecule has 0 amide bonds. The summed E-state index contributed by atoms with van der Waals surface area (Å²) in [6.45, 7) is 18.7. The Morgan fingerprint density at radius 3 is 1.73 bits per heavy atom. The highest BCUT2D eigenvalue weighted by Crippen LogP contribution is 2.63. The highest BCUT2D eigenvalue weighted by molar-refractivity contribution is 7.54. The molecule has 1 aromatic rings. The maximum atomic E-state index is 14.1. The molecule has 1 aromatic carbocycles. The molecule has 1 heterocycles. The molecule has 0 radical (unpaired) electrons. The van der Waals surface area contributed by atoms with Crippen LogP contribution >= 0.6 is 7.60 Å². The molecule has 1 fully saturated rings. The van der Waals surface area contributed by atoms with Crippen molar-refractivity contribution in [3.05, 3.63) is 28.8 Å². The fourth-order valence-electron chi connectivity index (χ4n) is 4.24. The molecule has 1 aliphatic heterocycles. The summed E-state index contributed by atoms with van der Waals surface area (Å²) < 4.78 is 25.8. The molecule has 172 valence electrons. The molecule has 1 saturated heterocycles. The van der Waals surface area contributed by atoms with Crippen LogP contribution in [0.1, 0.15) is 97.1 Å². The van der Waals surface area contributed by atoms with Gasteiger partial charge in [-0.3, -0.25) is 9.46 Å². The lowest BCUT2D eigenvalue weighted by molar-refractivity contribution is 0.147. The lowest BCUT2D eigenvalue weighted by Gasteiger charge is -2.39. The molecule has 6 heteroatoms. The maximum absolute atomic E-state index is 14.1. The van der Waals surface area contributed by atoms with Crippen LogP contribution < -0.4 is 0 Å². The quantitative estimate of drug-likeness (QED) is 0.477. The maximum Gasteiger partial charge on any atom is 0.352 e. The average Bonchev–Trinajstić information content (AvgIpc) is 2.62. The fraction of sp³-hybridized carbons (Fsp3) is 0.750. The Kier molecular flexibility index (Phi) is 8.23. The first-order valence-electron chi connectivity index (χ1n) is 11.4. The SMILES string of the molecule is CCOP(=O)(OCC)C(c1cc(C(C)(C)C)c(O)c(C(C)(C)C)c1)N1CCCCC1. The van der Waals surface area contributed by atoms with Crippen LogP contribution in [0.5, 0.6) is 5.75 Å². The number of hydrogen-bond acceptors (Lipinski definition) is 5. The summed E-state index contributed by atoms with van der Waals surface area (Å²) in [6.07, 6.45) is 3.34. The van der Waals surface area contributed by atoms with Crippen molar-refractivity contribution >= 4 is 7.60 Å². The minimum atomic E-state index is -3.43. The summed E-state index contributed by atoms with van der Waals surface area (Å²) >= 11 is 0. The molecule has 30 heavy (non-hydrogen) atoms. The first-order chi connectivity index (χ1) is 13.8. The van der Waals surface area contributed by atoms with Gasteiger partial charge in [0.2, 0.25) is 0 Å².